The third-order valence-corrected chi connectivity index (χ3v) is 3.85. The summed E-state index contributed by atoms with van der Waals surface area (Å²) in [4.78, 5) is 8.21. The Hall–Kier alpha value is -3.69. The SMILES string of the molecule is COc1ccc(CNc2ncnc(Nc3ccc(OC(F)(F)F)cc3)c2N)cc1. The Morgan fingerprint density at radius 1 is 0.931 bits per heavy atom. The quantitative estimate of drug-likeness (QED) is 0.539. The molecule has 0 spiro atoms. The summed E-state index contributed by atoms with van der Waals surface area (Å²) in [6.45, 7) is 0.480. The molecule has 1 heterocycles. The molecule has 0 atom stereocenters. The first-order valence-electron chi connectivity index (χ1n) is 8.44. The zero-order chi connectivity index (χ0) is 20.9. The van der Waals surface area contributed by atoms with Crippen LogP contribution in [0.3, 0.4) is 0 Å². The van der Waals surface area contributed by atoms with E-state index in [1.165, 1.54) is 30.6 Å². The van der Waals surface area contributed by atoms with Gasteiger partial charge in [-0.15, -0.1) is 13.2 Å². The predicted octanol–water partition coefficient (Wildman–Crippen LogP) is 4.32. The lowest BCUT2D eigenvalue weighted by Crippen LogP contribution is -2.17. The van der Waals surface area contributed by atoms with Crippen molar-refractivity contribution >= 4 is 23.0 Å². The largest absolute Gasteiger partial charge is 0.573 e. The molecule has 4 N–H and O–H groups in total. The molecule has 3 rings (SSSR count). The van der Waals surface area contributed by atoms with Crippen molar-refractivity contribution in [3.63, 3.8) is 0 Å². The molecule has 2 aromatic carbocycles. The molecule has 0 bridgehead atoms. The van der Waals surface area contributed by atoms with Crippen LogP contribution in [0.1, 0.15) is 5.56 Å². The van der Waals surface area contributed by atoms with Crippen LogP contribution in [0.25, 0.3) is 0 Å². The molecular weight excluding hydrogens is 387 g/mol. The molecule has 152 valence electrons. The van der Waals surface area contributed by atoms with Gasteiger partial charge in [0.05, 0.1) is 7.11 Å². The third kappa shape index (κ3) is 5.64. The number of nitrogen functional groups attached to an aromatic ring is 1. The molecule has 0 saturated heterocycles. The molecule has 3 aromatic rings. The van der Waals surface area contributed by atoms with Crippen LogP contribution in [-0.4, -0.2) is 23.4 Å². The number of benzene rings is 2. The summed E-state index contributed by atoms with van der Waals surface area (Å²) in [5.41, 5.74) is 7.88. The van der Waals surface area contributed by atoms with Gasteiger partial charge in [0.2, 0.25) is 0 Å². The number of rotatable bonds is 7. The lowest BCUT2D eigenvalue weighted by atomic mass is 10.2. The highest BCUT2D eigenvalue weighted by Gasteiger charge is 2.30. The van der Waals surface area contributed by atoms with Crippen LogP contribution >= 0.6 is 0 Å². The molecule has 0 aliphatic rings. The molecule has 0 fully saturated rings. The number of hydrogen-bond donors (Lipinski definition) is 3. The van der Waals surface area contributed by atoms with Gasteiger partial charge in [0.1, 0.15) is 23.5 Å². The fourth-order valence-electron chi connectivity index (χ4n) is 2.44. The van der Waals surface area contributed by atoms with E-state index < -0.39 is 6.36 Å². The first-order valence-corrected chi connectivity index (χ1v) is 8.44. The molecule has 0 saturated carbocycles. The van der Waals surface area contributed by atoms with Gasteiger partial charge in [-0.3, -0.25) is 0 Å². The smallest absolute Gasteiger partial charge is 0.497 e. The number of aromatic nitrogens is 2. The summed E-state index contributed by atoms with van der Waals surface area (Å²) in [6.07, 6.45) is -3.41. The topological polar surface area (TPSA) is 94.3 Å². The molecule has 0 amide bonds. The first kappa shape index (κ1) is 20.1. The van der Waals surface area contributed by atoms with Crippen LogP contribution in [0.2, 0.25) is 0 Å². The maximum absolute atomic E-state index is 12.2. The number of halogens is 3. The van der Waals surface area contributed by atoms with Gasteiger partial charge in [0.25, 0.3) is 0 Å². The molecule has 0 aliphatic carbocycles. The number of methoxy groups -OCH3 is 1. The molecule has 29 heavy (non-hydrogen) atoms. The van der Waals surface area contributed by atoms with Gasteiger partial charge in [-0.1, -0.05) is 12.1 Å². The fraction of sp³-hybridized carbons (Fsp3) is 0.158. The van der Waals surface area contributed by atoms with Gasteiger partial charge in [0.15, 0.2) is 11.6 Å². The van der Waals surface area contributed by atoms with Gasteiger partial charge in [-0.25, -0.2) is 9.97 Å². The zero-order valence-corrected chi connectivity index (χ0v) is 15.3. The highest BCUT2D eigenvalue weighted by atomic mass is 19.4. The van der Waals surface area contributed by atoms with E-state index >= 15 is 0 Å². The van der Waals surface area contributed by atoms with E-state index in [9.17, 15) is 13.2 Å². The second-order valence-electron chi connectivity index (χ2n) is 5.88. The van der Waals surface area contributed by atoms with Crippen molar-refractivity contribution in [3.8, 4) is 11.5 Å². The maximum atomic E-state index is 12.2. The van der Waals surface area contributed by atoms with Gasteiger partial charge < -0.3 is 25.8 Å². The summed E-state index contributed by atoms with van der Waals surface area (Å²) in [7, 11) is 1.60. The van der Waals surface area contributed by atoms with E-state index in [-0.39, 0.29) is 11.4 Å². The van der Waals surface area contributed by atoms with Crippen LogP contribution in [0, 0.1) is 0 Å². The summed E-state index contributed by atoms with van der Waals surface area (Å²) in [5.74, 6) is 1.19. The van der Waals surface area contributed by atoms with Crippen LogP contribution in [-0.2, 0) is 6.54 Å². The number of alkyl halides is 3. The van der Waals surface area contributed by atoms with Crippen molar-refractivity contribution in [1.29, 1.82) is 0 Å². The summed E-state index contributed by atoms with van der Waals surface area (Å²) < 4.78 is 45.7. The third-order valence-electron chi connectivity index (χ3n) is 3.85. The minimum absolute atomic E-state index is 0.275. The molecule has 0 aliphatic heterocycles. The number of nitrogens with two attached hydrogens (primary N) is 1. The zero-order valence-electron chi connectivity index (χ0n) is 15.3. The normalized spacial score (nSPS) is 11.0. The van der Waals surface area contributed by atoms with Crippen molar-refractivity contribution in [2.24, 2.45) is 0 Å². The Labute approximate surface area is 164 Å². The van der Waals surface area contributed by atoms with Gasteiger partial charge in [0, 0.05) is 12.2 Å². The summed E-state index contributed by atoms with van der Waals surface area (Å²) in [5, 5.41) is 6.07. The number of ether oxygens (including phenoxy) is 2. The summed E-state index contributed by atoms with van der Waals surface area (Å²) in [6, 6.07) is 12.7. The van der Waals surface area contributed by atoms with Crippen LogP contribution in [0.4, 0.5) is 36.2 Å². The molecule has 0 unspecified atom stereocenters. The van der Waals surface area contributed by atoms with Crippen molar-refractivity contribution in [2.75, 3.05) is 23.5 Å². The van der Waals surface area contributed by atoms with Gasteiger partial charge in [-0.05, 0) is 42.0 Å². The average Bonchev–Trinajstić information content (AvgIpc) is 2.69. The summed E-state index contributed by atoms with van der Waals surface area (Å²) >= 11 is 0. The van der Waals surface area contributed by atoms with E-state index in [0.29, 0.717) is 23.9 Å². The van der Waals surface area contributed by atoms with Crippen molar-refractivity contribution in [1.82, 2.24) is 9.97 Å². The molecule has 1 aromatic heterocycles. The monoisotopic (exact) mass is 405 g/mol. The Kier molecular flexibility index (Phi) is 5.91. The highest BCUT2D eigenvalue weighted by Crippen LogP contribution is 2.28. The van der Waals surface area contributed by atoms with E-state index in [1.807, 2.05) is 24.3 Å². The lowest BCUT2D eigenvalue weighted by Gasteiger charge is -2.13. The Morgan fingerprint density at radius 2 is 1.55 bits per heavy atom. The fourth-order valence-corrected chi connectivity index (χ4v) is 2.44. The second kappa shape index (κ2) is 8.55. The number of anilines is 4. The lowest BCUT2D eigenvalue weighted by molar-refractivity contribution is -0.274. The molecule has 10 heteroatoms. The standard InChI is InChI=1S/C19H18F3N5O2/c1-28-14-6-2-12(3-7-14)10-24-17-16(23)18(26-11-25-17)27-13-4-8-15(9-5-13)29-19(20,21)22/h2-9,11H,10,23H2,1H3,(H2,24,25,26,27). The number of nitrogens with one attached hydrogen (secondary N) is 2. The predicted molar refractivity (Wildman–Crippen MR) is 103 cm³/mol. The number of nitrogens with zero attached hydrogens (tertiary/aromatic N) is 2. The molecule has 0 radical (unpaired) electrons. The van der Waals surface area contributed by atoms with Gasteiger partial charge >= 0.3 is 6.36 Å². The minimum atomic E-state index is -4.74. The van der Waals surface area contributed by atoms with Gasteiger partial charge in [-0.2, -0.15) is 0 Å². The van der Waals surface area contributed by atoms with Crippen LogP contribution in [0.15, 0.2) is 54.9 Å². The van der Waals surface area contributed by atoms with Crippen molar-refractivity contribution in [2.45, 2.75) is 12.9 Å². The number of hydrogen-bond acceptors (Lipinski definition) is 7. The Bertz CT molecular complexity index is 948. The van der Waals surface area contributed by atoms with E-state index in [4.69, 9.17) is 10.5 Å². The second-order valence-corrected chi connectivity index (χ2v) is 5.88. The molecule has 7 nitrogen and oxygen atoms in total. The molecular formula is C19H18F3N5O2. The highest BCUT2D eigenvalue weighted by molar-refractivity contribution is 5.77. The van der Waals surface area contributed by atoms with Crippen LogP contribution in [0.5, 0.6) is 11.5 Å². The first-order chi connectivity index (χ1) is 13.8. The van der Waals surface area contributed by atoms with E-state index in [0.717, 1.165) is 11.3 Å². The van der Waals surface area contributed by atoms with Crippen molar-refractivity contribution < 1.29 is 22.6 Å². The Balaban J connectivity index is 1.66. The van der Waals surface area contributed by atoms with Crippen LogP contribution < -0.4 is 25.8 Å². The van der Waals surface area contributed by atoms with E-state index in [2.05, 4.69) is 25.3 Å². The minimum Gasteiger partial charge on any atom is -0.497 e. The Morgan fingerprint density at radius 3 is 2.17 bits per heavy atom. The average molecular weight is 405 g/mol. The maximum Gasteiger partial charge on any atom is 0.573 e. The van der Waals surface area contributed by atoms with Crippen molar-refractivity contribution in [3.05, 3.63) is 60.4 Å². The van der Waals surface area contributed by atoms with E-state index in [1.54, 1.807) is 7.11 Å².